The molecule has 40 heavy (non-hydrogen) atoms. The Labute approximate surface area is 233 Å². The molecule has 1 N–H and O–H groups in total. The molecule has 9 nitrogen and oxygen atoms in total. The molecule has 0 saturated carbocycles. The van der Waals surface area contributed by atoms with Crippen LogP contribution < -0.4 is 34.1 Å². The summed E-state index contributed by atoms with van der Waals surface area (Å²) in [6, 6.07) is 17.6. The Bertz CT molecular complexity index is 1500. The summed E-state index contributed by atoms with van der Waals surface area (Å²) in [5.41, 5.74) is 1.68. The molecule has 4 aromatic rings. The lowest BCUT2D eigenvalue weighted by molar-refractivity contribution is 0.0984. The lowest BCUT2D eigenvalue weighted by atomic mass is 10.1. The fourth-order valence-electron chi connectivity index (χ4n) is 4.35. The zero-order valence-corrected chi connectivity index (χ0v) is 23.4. The van der Waals surface area contributed by atoms with Crippen LogP contribution in [0.4, 0.5) is 5.69 Å². The van der Waals surface area contributed by atoms with Crippen molar-refractivity contribution >= 4 is 22.5 Å². The first-order valence-corrected chi connectivity index (χ1v) is 13.1. The van der Waals surface area contributed by atoms with Crippen molar-refractivity contribution in [3.63, 3.8) is 0 Å². The van der Waals surface area contributed by atoms with Crippen LogP contribution in [0.5, 0.6) is 28.7 Å². The van der Waals surface area contributed by atoms with Crippen molar-refractivity contribution in [3.05, 3.63) is 82.1 Å². The van der Waals surface area contributed by atoms with Gasteiger partial charge >= 0.3 is 0 Å². The van der Waals surface area contributed by atoms with Gasteiger partial charge in [0.25, 0.3) is 11.5 Å². The number of H-pyrrole nitrogens is 1. The standard InChI is InChI=1S/C31H34N2O7/c1-6-38-27-16-21(17-28(39-7-2)29(27)40-8-3)31(35)33(23-10-13-24(36-4)14-11-23)19-22-15-20-9-12-25(37-5)18-26(20)32-30(22)34/h9-18H,6-8,19H2,1-5H3,(H,32,34). The van der Waals surface area contributed by atoms with Gasteiger partial charge in [0.05, 0.1) is 46.1 Å². The van der Waals surface area contributed by atoms with E-state index in [1.165, 1.54) is 0 Å². The first kappa shape index (κ1) is 28.4. The lowest BCUT2D eigenvalue weighted by Gasteiger charge is -2.24. The highest BCUT2D eigenvalue weighted by Gasteiger charge is 2.24. The normalized spacial score (nSPS) is 10.7. The van der Waals surface area contributed by atoms with Crippen LogP contribution in [0.15, 0.2) is 65.5 Å². The van der Waals surface area contributed by atoms with Crippen LogP contribution >= 0.6 is 0 Å². The number of aromatic amines is 1. The van der Waals surface area contributed by atoms with Gasteiger partial charge in [-0.15, -0.1) is 0 Å². The Morgan fingerprint density at radius 3 is 1.95 bits per heavy atom. The Morgan fingerprint density at radius 1 is 0.775 bits per heavy atom. The summed E-state index contributed by atoms with van der Waals surface area (Å²) in [6.45, 7) is 6.76. The third-order valence-corrected chi connectivity index (χ3v) is 6.24. The molecule has 0 unspecified atom stereocenters. The average Bonchev–Trinajstić information content (AvgIpc) is 2.97. The number of anilines is 1. The minimum atomic E-state index is -0.343. The molecule has 0 atom stereocenters. The van der Waals surface area contributed by atoms with Gasteiger partial charge in [-0.2, -0.15) is 0 Å². The first-order chi connectivity index (χ1) is 19.4. The second-order valence-corrected chi connectivity index (χ2v) is 8.77. The SMILES string of the molecule is CCOc1cc(C(=O)N(Cc2cc3ccc(OC)cc3[nH]c2=O)c2ccc(OC)cc2)cc(OCC)c1OCC. The van der Waals surface area contributed by atoms with Crippen LogP contribution in [0, 0.1) is 0 Å². The van der Waals surface area contributed by atoms with Crippen molar-refractivity contribution in [2.75, 3.05) is 38.9 Å². The summed E-state index contributed by atoms with van der Waals surface area (Å²) in [6.07, 6.45) is 0. The van der Waals surface area contributed by atoms with Crippen molar-refractivity contribution < 1.29 is 28.5 Å². The fraction of sp³-hybridized carbons (Fsp3) is 0.290. The second kappa shape index (κ2) is 12.9. The quantitative estimate of drug-likeness (QED) is 0.247. The van der Waals surface area contributed by atoms with Gasteiger partial charge in [-0.05, 0) is 80.8 Å². The number of methoxy groups -OCH3 is 2. The van der Waals surface area contributed by atoms with E-state index in [0.29, 0.717) is 70.9 Å². The molecule has 0 spiro atoms. The molecule has 3 aromatic carbocycles. The van der Waals surface area contributed by atoms with Crippen LogP contribution in [0.25, 0.3) is 10.9 Å². The van der Waals surface area contributed by atoms with Gasteiger partial charge < -0.3 is 33.6 Å². The van der Waals surface area contributed by atoms with E-state index in [2.05, 4.69) is 4.98 Å². The fourth-order valence-corrected chi connectivity index (χ4v) is 4.35. The molecule has 0 aliphatic heterocycles. The van der Waals surface area contributed by atoms with E-state index in [0.717, 1.165) is 5.39 Å². The number of nitrogens with zero attached hydrogens (tertiary/aromatic N) is 1. The van der Waals surface area contributed by atoms with Gasteiger partial charge in [0.15, 0.2) is 11.5 Å². The number of hydrogen-bond donors (Lipinski definition) is 1. The molecule has 9 heteroatoms. The molecule has 0 bridgehead atoms. The number of ether oxygens (including phenoxy) is 5. The predicted molar refractivity (Wildman–Crippen MR) is 155 cm³/mol. The van der Waals surface area contributed by atoms with Crippen LogP contribution in [0.3, 0.4) is 0 Å². The van der Waals surface area contributed by atoms with E-state index in [4.69, 9.17) is 23.7 Å². The van der Waals surface area contributed by atoms with Crippen molar-refractivity contribution in [2.45, 2.75) is 27.3 Å². The van der Waals surface area contributed by atoms with Crippen LogP contribution in [-0.4, -0.2) is 44.9 Å². The Morgan fingerprint density at radius 2 is 1.38 bits per heavy atom. The largest absolute Gasteiger partial charge is 0.497 e. The molecule has 210 valence electrons. The van der Waals surface area contributed by atoms with Crippen LogP contribution in [0.1, 0.15) is 36.7 Å². The molecule has 1 aromatic heterocycles. The van der Waals surface area contributed by atoms with Crippen LogP contribution in [0.2, 0.25) is 0 Å². The molecule has 4 rings (SSSR count). The van der Waals surface area contributed by atoms with E-state index in [1.54, 1.807) is 67.7 Å². The minimum absolute atomic E-state index is 0.0175. The smallest absolute Gasteiger partial charge is 0.258 e. The van der Waals surface area contributed by atoms with Gasteiger partial charge in [-0.3, -0.25) is 9.59 Å². The first-order valence-electron chi connectivity index (χ1n) is 13.1. The number of rotatable bonds is 12. The molecule has 0 aliphatic carbocycles. The monoisotopic (exact) mass is 546 g/mol. The maximum absolute atomic E-state index is 14.2. The molecule has 0 fully saturated rings. The Balaban J connectivity index is 1.81. The zero-order valence-electron chi connectivity index (χ0n) is 23.4. The molecular formula is C31H34N2O7. The second-order valence-electron chi connectivity index (χ2n) is 8.77. The molecule has 0 saturated heterocycles. The topological polar surface area (TPSA) is 99.3 Å². The van der Waals surface area contributed by atoms with Crippen LogP contribution in [-0.2, 0) is 6.54 Å². The number of nitrogens with one attached hydrogen (secondary N) is 1. The van der Waals surface area contributed by atoms with Gasteiger partial charge in [-0.25, -0.2) is 0 Å². The predicted octanol–water partition coefficient (Wildman–Crippen LogP) is 5.59. The average molecular weight is 547 g/mol. The van der Waals surface area contributed by atoms with Gasteiger partial charge in [0.1, 0.15) is 11.5 Å². The lowest BCUT2D eigenvalue weighted by Crippen LogP contribution is -2.33. The van der Waals surface area contributed by atoms with E-state index >= 15 is 0 Å². The Kier molecular flexibility index (Phi) is 9.16. The van der Waals surface area contributed by atoms with Gasteiger partial charge in [0, 0.05) is 22.9 Å². The molecule has 0 radical (unpaired) electrons. The zero-order chi connectivity index (χ0) is 28.6. The van der Waals surface area contributed by atoms with E-state index in [-0.39, 0.29) is 18.0 Å². The number of fused-ring (bicyclic) bond motifs is 1. The van der Waals surface area contributed by atoms with E-state index in [1.807, 2.05) is 32.9 Å². The third kappa shape index (κ3) is 6.14. The number of aromatic nitrogens is 1. The number of hydrogen-bond acceptors (Lipinski definition) is 7. The van der Waals surface area contributed by atoms with E-state index < -0.39 is 0 Å². The van der Waals surface area contributed by atoms with Crippen molar-refractivity contribution in [1.82, 2.24) is 4.98 Å². The summed E-state index contributed by atoms with van der Waals surface area (Å²) >= 11 is 0. The van der Waals surface area contributed by atoms with Crippen molar-refractivity contribution in [3.8, 4) is 28.7 Å². The number of carbonyl (C=O) groups excluding carboxylic acids is 1. The highest BCUT2D eigenvalue weighted by atomic mass is 16.5. The number of benzene rings is 3. The number of pyridine rings is 1. The summed E-state index contributed by atoms with van der Waals surface area (Å²) in [4.78, 5) is 31.8. The third-order valence-electron chi connectivity index (χ3n) is 6.24. The molecule has 1 amide bonds. The summed E-state index contributed by atoms with van der Waals surface area (Å²) in [5, 5.41) is 0.816. The van der Waals surface area contributed by atoms with Gasteiger partial charge in [0.2, 0.25) is 5.75 Å². The highest BCUT2D eigenvalue weighted by molar-refractivity contribution is 6.07. The van der Waals surface area contributed by atoms with E-state index in [9.17, 15) is 9.59 Å². The van der Waals surface area contributed by atoms with Crippen molar-refractivity contribution in [1.29, 1.82) is 0 Å². The molecule has 0 aliphatic rings. The number of amides is 1. The van der Waals surface area contributed by atoms with Crippen molar-refractivity contribution in [2.24, 2.45) is 0 Å². The Hall–Kier alpha value is -4.66. The maximum Gasteiger partial charge on any atom is 0.258 e. The maximum atomic E-state index is 14.2. The molecule has 1 heterocycles. The highest BCUT2D eigenvalue weighted by Crippen LogP contribution is 2.40. The molecular weight excluding hydrogens is 512 g/mol. The summed E-state index contributed by atoms with van der Waals surface area (Å²) in [5.74, 6) is 2.20. The summed E-state index contributed by atoms with van der Waals surface area (Å²) < 4.78 is 28.0. The number of carbonyl (C=O) groups is 1. The van der Waals surface area contributed by atoms with Gasteiger partial charge in [-0.1, -0.05) is 0 Å². The minimum Gasteiger partial charge on any atom is -0.497 e. The summed E-state index contributed by atoms with van der Waals surface area (Å²) in [7, 11) is 3.15.